The van der Waals surface area contributed by atoms with Crippen molar-refractivity contribution in [2.45, 2.75) is 25.1 Å². The van der Waals surface area contributed by atoms with Crippen molar-refractivity contribution >= 4 is 11.7 Å². The normalized spacial score (nSPS) is 15.1. The van der Waals surface area contributed by atoms with Crippen LogP contribution in [0.2, 0.25) is 0 Å². The first-order valence-electron chi connectivity index (χ1n) is 10.6. The summed E-state index contributed by atoms with van der Waals surface area (Å²) >= 11 is 0. The van der Waals surface area contributed by atoms with E-state index in [0.29, 0.717) is 31.7 Å². The van der Waals surface area contributed by atoms with Gasteiger partial charge in [-0.15, -0.1) is 0 Å². The lowest BCUT2D eigenvalue weighted by Crippen LogP contribution is -2.42. The number of hydrogen-bond acceptors (Lipinski definition) is 3. The average Bonchev–Trinajstić information content (AvgIpc) is 2.83. The molecule has 1 aliphatic heterocycles. The van der Waals surface area contributed by atoms with Crippen molar-refractivity contribution in [3.8, 4) is 0 Å². The first-order chi connectivity index (χ1) is 15.4. The molecule has 7 heteroatoms. The van der Waals surface area contributed by atoms with Gasteiger partial charge in [-0.05, 0) is 36.1 Å². The summed E-state index contributed by atoms with van der Waals surface area (Å²) < 4.78 is 38.3. The van der Waals surface area contributed by atoms with Crippen LogP contribution in [0.3, 0.4) is 0 Å². The molecule has 1 aromatic heterocycles. The Hall–Kier alpha value is -3.35. The van der Waals surface area contributed by atoms with Crippen LogP contribution < -0.4 is 10.2 Å². The van der Waals surface area contributed by atoms with E-state index in [0.717, 1.165) is 23.4 Å². The Morgan fingerprint density at radius 1 is 0.906 bits per heavy atom. The van der Waals surface area contributed by atoms with Crippen molar-refractivity contribution in [2.75, 3.05) is 18.0 Å². The van der Waals surface area contributed by atoms with E-state index >= 15 is 0 Å². The average molecular weight is 439 g/mol. The molecule has 1 saturated heterocycles. The number of pyridine rings is 1. The number of aromatic nitrogens is 1. The molecular weight excluding hydrogens is 415 g/mol. The second kappa shape index (κ2) is 9.42. The molecule has 0 spiro atoms. The molecule has 2 heterocycles. The van der Waals surface area contributed by atoms with Gasteiger partial charge in [0.25, 0.3) is 0 Å². The van der Waals surface area contributed by atoms with Crippen molar-refractivity contribution in [3.63, 3.8) is 0 Å². The fourth-order valence-electron chi connectivity index (χ4n) is 4.02. The fraction of sp³-hybridized carbons (Fsp3) is 0.280. The molecule has 3 aromatic rings. The van der Waals surface area contributed by atoms with E-state index in [4.69, 9.17) is 0 Å². The lowest BCUT2D eigenvalue weighted by atomic mass is 9.93. The number of carbonyl (C=O) groups excluding carboxylic acids is 1. The molecule has 0 bridgehead atoms. The maximum absolute atomic E-state index is 13.1. The first kappa shape index (κ1) is 21.9. The van der Waals surface area contributed by atoms with Crippen LogP contribution >= 0.6 is 0 Å². The Morgan fingerprint density at radius 3 is 1.94 bits per heavy atom. The predicted octanol–water partition coefficient (Wildman–Crippen LogP) is 5.22. The summed E-state index contributed by atoms with van der Waals surface area (Å²) in [6, 6.07) is 21.9. The minimum Gasteiger partial charge on any atom is -0.357 e. The van der Waals surface area contributed by atoms with Gasteiger partial charge in [0.15, 0.2) is 0 Å². The lowest BCUT2D eigenvalue weighted by Gasteiger charge is -2.33. The second-order valence-corrected chi connectivity index (χ2v) is 7.93. The van der Waals surface area contributed by atoms with E-state index in [1.165, 1.54) is 6.07 Å². The fourth-order valence-corrected chi connectivity index (χ4v) is 4.02. The van der Waals surface area contributed by atoms with Crippen LogP contribution in [0, 0.1) is 5.92 Å². The summed E-state index contributed by atoms with van der Waals surface area (Å²) in [5, 5.41) is 3.20. The van der Waals surface area contributed by atoms with Gasteiger partial charge < -0.3 is 10.2 Å². The first-order valence-corrected chi connectivity index (χ1v) is 10.6. The van der Waals surface area contributed by atoms with Crippen LogP contribution in [0.1, 0.15) is 35.6 Å². The molecule has 0 aliphatic carbocycles. The highest BCUT2D eigenvalue weighted by Crippen LogP contribution is 2.30. The minimum atomic E-state index is -4.40. The predicted molar refractivity (Wildman–Crippen MR) is 117 cm³/mol. The van der Waals surface area contributed by atoms with Crippen molar-refractivity contribution in [2.24, 2.45) is 5.92 Å². The van der Waals surface area contributed by atoms with Crippen molar-refractivity contribution in [3.05, 3.63) is 95.7 Å². The molecule has 4 nitrogen and oxygen atoms in total. The Kier molecular flexibility index (Phi) is 6.44. The number of anilines is 1. The maximum atomic E-state index is 13.1. The molecule has 2 aromatic carbocycles. The summed E-state index contributed by atoms with van der Waals surface area (Å²) in [6.45, 7) is 1.13. The third kappa shape index (κ3) is 5.10. The van der Waals surface area contributed by atoms with E-state index in [9.17, 15) is 18.0 Å². The Bertz CT molecular complexity index is 976. The Balaban J connectivity index is 1.40. The summed E-state index contributed by atoms with van der Waals surface area (Å²) in [4.78, 5) is 19.0. The van der Waals surface area contributed by atoms with E-state index in [2.05, 4.69) is 10.3 Å². The minimum absolute atomic E-state index is 0.0114. The number of alkyl halides is 3. The van der Waals surface area contributed by atoms with Gasteiger partial charge in [0.05, 0.1) is 11.6 Å². The van der Waals surface area contributed by atoms with Gasteiger partial charge in [0, 0.05) is 25.2 Å². The van der Waals surface area contributed by atoms with Gasteiger partial charge in [0.1, 0.15) is 5.82 Å². The third-order valence-corrected chi connectivity index (χ3v) is 5.82. The molecule has 0 radical (unpaired) electrons. The molecule has 1 fully saturated rings. The third-order valence-electron chi connectivity index (χ3n) is 5.82. The van der Waals surface area contributed by atoms with E-state index in [-0.39, 0.29) is 17.9 Å². The molecule has 0 saturated carbocycles. The number of nitrogens with one attached hydrogen (secondary N) is 1. The zero-order chi connectivity index (χ0) is 22.6. The number of carbonyl (C=O) groups is 1. The van der Waals surface area contributed by atoms with E-state index < -0.39 is 11.7 Å². The molecule has 0 unspecified atom stereocenters. The molecule has 32 heavy (non-hydrogen) atoms. The van der Waals surface area contributed by atoms with Crippen LogP contribution in [0.4, 0.5) is 19.0 Å². The monoisotopic (exact) mass is 439 g/mol. The molecule has 1 N–H and O–H groups in total. The largest absolute Gasteiger partial charge is 0.417 e. The molecular formula is C25H24F3N3O. The van der Waals surface area contributed by atoms with Crippen molar-refractivity contribution in [1.29, 1.82) is 0 Å². The zero-order valence-corrected chi connectivity index (χ0v) is 17.4. The molecule has 0 atom stereocenters. The van der Waals surface area contributed by atoms with E-state index in [1.54, 1.807) is 0 Å². The van der Waals surface area contributed by atoms with Crippen molar-refractivity contribution in [1.82, 2.24) is 10.3 Å². The lowest BCUT2D eigenvalue weighted by molar-refractivity contribution is -0.137. The number of halogens is 3. The van der Waals surface area contributed by atoms with Crippen LogP contribution in [-0.4, -0.2) is 24.0 Å². The van der Waals surface area contributed by atoms with Crippen LogP contribution in [0.25, 0.3) is 0 Å². The van der Waals surface area contributed by atoms with Crippen LogP contribution in [0.15, 0.2) is 79.0 Å². The van der Waals surface area contributed by atoms with Crippen molar-refractivity contribution < 1.29 is 18.0 Å². The smallest absolute Gasteiger partial charge is 0.357 e. The summed E-state index contributed by atoms with van der Waals surface area (Å²) in [6.07, 6.45) is -2.31. The molecule has 1 amide bonds. The standard InChI is InChI=1S/C25H24F3N3O/c26-25(27,28)21-11-12-22(29-17-21)31-15-13-20(14-16-31)24(32)30-23(18-7-3-1-4-8-18)19-9-5-2-6-10-19/h1-12,17,20,23H,13-16H2,(H,30,32). The van der Waals surface area contributed by atoms with Gasteiger partial charge in [-0.3, -0.25) is 4.79 Å². The highest BCUT2D eigenvalue weighted by atomic mass is 19.4. The van der Waals surface area contributed by atoms with Gasteiger partial charge in [-0.2, -0.15) is 13.2 Å². The number of piperidine rings is 1. The van der Waals surface area contributed by atoms with Gasteiger partial charge in [0.2, 0.25) is 5.91 Å². The molecule has 166 valence electrons. The van der Waals surface area contributed by atoms with E-state index in [1.807, 2.05) is 65.6 Å². The SMILES string of the molecule is O=C(NC(c1ccccc1)c1ccccc1)C1CCN(c2ccc(C(F)(F)F)cn2)CC1. The Labute approximate surface area is 185 Å². The quantitative estimate of drug-likeness (QED) is 0.593. The highest BCUT2D eigenvalue weighted by molar-refractivity contribution is 5.80. The summed E-state index contributed by atoms with van der Waals surface area (Å²) in [7, 11) is 0. The van der Waals surface area contributed by atoms with Gasteiger partial charge in [-0.25, -0.2) is 4.98 Å². The second-order valence-electron chi connectivity index (χ2n) is 7.93. The molecule has 4 rings (SSSR count). The van der Waals surface area contributed by atoms with Crippen LogP contribution in [0.5, 0.6) is 0 Å². The van der Waals surface area contributed by atoms with Gasteiger partial charge >= 0.3 is 6.18 Å². The topological polar surface area (TPSA) is 45.2 Å². The summed E-state index contributed by atoms with van der Waals surface area (Å²) in [5.41, 5.74) is 1.26. The Morgan fingerprint density at radius 2 is 1.47 bits per heavy atom. The summed E-state index contributed by atoms with van der Waals surface area (Å²) in [5.74, 6) is 0.335. The zero-order valence-electron chi connectivity index (χ0n) is 17.4. The maximum Gasteiger partial charge on any atom is 0.417 e. The number of amides is 1. The number of nitrogens with zero attached hydrogens (tertiary/aromatic N) is 2. The number of rotatable bonds is 5. The number of benzene rings is 2. The molecule has 1 aliphatic rings. The van der Waals surface area contributed by atoms with Gasteiger partial charge in [-0.1, -0.05) is 60.7 Å². The number of hydrogen-bond donors (Lipinski definition) is 1. The van der Waals surface area contributed by atoms with Crippen LogP contribution in [-0.2, 0) is 11.0 Å². The highest BCUT2D eigenvalue weighted by Gasteiger charge is 2.32.